The third-order valence-corrected chi connectivity index (χ3v) is 6.42. The van der Waals surface area contributed by atoms with Crippen molar-refractivity contribution >= 4 is 39.1 Å². The van der Waals surface area contributed by atoms with Crippen LogP contribution < -0.4 is 15.8 Å². The van der Waals surface area contributed by atoms with E-state index in [9.17, 15) is 14.7 Å². The highest BCUT2D eigenvalue weighted by Gasteiger charge is 2.18. The standard InChI is InChI=1S/C22H23N3O4S/c23-20-18-14(12-30-19(18)17(10-24-20)22(27)28)11-29-16-8-4-5-13(9-16)21(26)25-15-6-2-1-3-7-15/h4-5,8-10,12,15H,1-3,6-7,11H2,(H2,23,24)(H,25,26)(H,27,28). The van der Waals surface area contributed by atoms with Gasteiger partial charge in [0.25, 0.3) is 5.91 Å². The minimum atomic E-state index is -1.04. The quantitative estimate of drug-likeness (QED) is 0.545. The highest BCUT2D eigenvalue weighted by atomic mass is 32.1. The highest BCUT2D eigenvalue weighted by Crippen LogP contribution is 2.33. The molecule has 1 aliphatic carbocycles. The summed E-state index contributed by atoms with van der Waals surface area (Å²) < 4.78 is 6.47. The summed E-state index contributed by atoms with van der Waals surface area (Å²) in [7, 11) is 0. The number of ether oxygens (including phenoxy) is 1. The summed E-state index contributed by atoms with van der Waals surface area (Å²) >= 11 is 1.30. The fourth-order valence-corrected chi connectivity index (χ4v) is 4.86. The number of nitrogens with one attached hydrogen (secondary N) is 1. The lowest BCUT2D eigenvalue weighted by Gasteiger charge is -2.22. The van der Waals surface area contributed by atoms with Gasteiger partial charge in [0.1, 0.15) is 18.2 Å². The van der Waals surface area contributed by atoms with Gasteiger partial charge in [0.2, 0.25) is 0 Å². The predicted octanol–water partition coefficient (Wildman–Crippen LogP) is 4.22. The summed E-state index contributed by atoms with van der Waals surface area (Å²) in [6.45, 7) is 0.197. The van der Waals surface area contributed by atoms with Crippen molar-refractivity contribution in [2.24, 2.45) is 0 Å². The van der Waals surface area contributed by atoms with Gasteiger partial charge in [-0.3, -0.25) is 4.79 Å². The number of carboxylic acid groups (broad SMARTS) is 1. The maximum atomic E-state index is 12.6. The van der Waals surface area contributed by atoms with Crippen molar-refractivity contribution in [1.82, 2.24) is 10.3 Å². The number of fused-ring (bicyclic) bond motifs is 1. The largest absolute Gasteiger partial charge is 0.489 e. The van der Waals surface area contributed by atoms with Crippen molar-refractivity contribution in [3.63, 3.8) is 0 Å². The number of pyridine rings is 1. The Labute approximate surface area is 177 Å². The van der Waals surface area contributed by atoms with E-state index in [0.717, 1.165) is 31.2 Å². The van der Waals surface area contributed by atoms with E-state index < -0.39 is 5.97 Å². The number of hydrogen-bond acceptors (Lipinski definition) is 6. The third-order valence-electron chi connectivity index (χ3n) is 5.36. The lowest BCUT2D eigenvalue weighted by Crippen LogP contribution is -2.36. The molecule has 30 heavy (non-hydrogen) atoms. The fourth-order valence-electron chi connectivity index (χ4n) is 3.79. The van der Waals surface area contributed by atoms with Crippen molar-refractivity contribution in [2.75, 3.05) is 5.73 Å². The van der Waals surface area contributed by atoms with Crippen LogP contribution in [0.25, 0.3) is 10.1 Å². The maximum absolute atomic E-state index is 12.6. The summed E-state index contributed by atoms with van der Waals surface area (Å²) in [6.07, 6.45) is 6.88. The fraction of sp³-hybridized carbons (Fsp3) is 0.318. The van der Waals surface area contributed by atoms with Crippen LogP contribution >= 0.6 is 11.3 Å². The molecule has 4 N–H and O–H groups in total. The topological polar surface area (TPSA) is 115 Å². The van der Waals surface area contributed by atoms with Crippen LogP contribution in [-0.2, 0) is 6.61 Å². The van der Waals surface area contributed by atoms with Crippen LogP contribution in [0.5, 0.6) is 5.75 Å². The van der Waals surface area contributed by atoms with Crippen molar-refractivity contribution in [3.8, 4) is 5.75 Å². The molecule has 2 heterocycles. The Morgan fingerprint density at radius 3 is 2.83 bits per heavy atom. The zero-order valence-corrected chi connectivity index (χ0v) is 17.2. The van der Waals surface area contributed by atoms with Crippen molar-refractivity contribution in [3.05, 3.63) is 52.5 Å². The SMILES string of the molecule is Nc1ncc(C(=O)O)c2scc(COc3cccc(C(=O)NC4CCCCC4)c3)c12. The minimum absolute atomic E-state index is 0.0899. The number of carbonyl (C=O) groups is 2. The van der Waals surface area contributed by atoms with Crippen molar-refractivity contribution in [1.29, 1.82) is 0 Å². The first kappa shape index (κ1) is 20.2. The summed E-state index contributed by atoms with van der Waals surface area (Å²) in [4.78, 5) is 28.0. The molecular formula is C22H23N3O4S. The van der Waals surface area contributed by atoms with Crippen molar-refractivity contribution < 1.29 is 19.4 Å². The van der Waals surface area contributed by atoms with E-state index >= 15 is 0 Å². The van der Waals surface area contributed by atoms with Crippen molar-refractivity contribution in [2.45, 2.75) is 44.8 Å². The first-order chi connectivity index (χ1) is 14.5. The number of rotatable bonds is 6. The van der Waals surface area contributed by atoms with Gasteiger partial charge in [-0.1, -0.05) is 25.3 Å². The number of hydrogen-bond donors (Lipinski definition) is 3. The normalized spacial score (nSPS) is 14.5. The lowest BCUT2D eigenvalue weighted by atomic mass is 9.95. The number of carboxylic acids is 1. The Bertz CT molecular complexity index is 1090. The molecule has 1 aliphatic rings. The Balaban J connectivity index is 1.48. The van der Waals surface area contributed by atoms with E-state index in [-0.39, 0.29) is 29.9 Å². The number of aromatic nitrogens is 1. The van der Waals surface area contributed by atoms with E-state index in [1.807, 2.05) is 5.38 Å². The molecule has 0 bridgehead atoms. The number of benzene rings is 1. The van der Waals surface area contributed by atoms with Crippen LogP contribution in [-0.4, -0.2) is 28.0 Å². The molecule has 1 fully saturated rings. The average molecular weight is 426 g/mol. The molecule has 2 aromatic heterocycles. The second kappa shape index (κ2) is 8.71. The van der Waals surface area contributed by atoms with Crippen LogP contribution in [0.15, 0.2) is 35.8 Å². The van der Waals surface area contributed by atoms with E-state index in [2.05, 4.69) is 10.3 Å². The number of amides is 1. The number of anilines is 1. The summed E-state index contributed by atoms with van der Waals surface area (Å²) in [5.74, 6) is -0.298. The van der Waals surface area contributed by atoms with Crippen LogP contribution in [0.2, 0.25) is 0 Å². The smallest absolute Gasteiger partial charge is 0.338 e. The van der Waals surface area contributed by atoms with Gasteiger partial charge in [-0.05, 0) is 36.4 Å². The number of thiophene rings is 1. The summed E-state index contributed by atoms with van der Waals surface area (Å²) in [6, 6.07) is 7.31. The third kappa shape index (κ3) is 4.23. The van der Waals surface area contributed by atoms with E-state index in [4.69, 9.17) is 10.5 Å². The molecule has 0 saturated heterocycles. The maximum Gasteiger partial charge on any atom is 0.338 e. The first-order valence-corrected chi connectivity index (χ1v) is 10.8. The van der Waals surface area contributed by atoms with Crippen LogP contribution in [0.3, 0.4) is 0 Å². The summed E-state index contributed by atoms with van der Waals surface area (Å²) in [5.41, 5.74) is 7.43. The molecule has 0 aliphatic heterocycles. The molecule has 0 radical (unpaired) electrons. The van der Waals surface area contributed by atoms with Crippen LogP contribution in [0, 0.1) is 0 Å². The Morgan fingerprint density at radius 2 is 2.07 bits per heavy atom. The molecular weight excluding hydrogens is 402 g/mol. The predicted molar refractivity (Wildman–Crippen MR) is 116 cm³/mol. The second-order valence-corrected chi connectivity index (χ2v) is 8.33. The van der Waals surface area contributed by atoms with E-state index in [1.165, 1.54) is 24.0 Å². The number of nitrogen functional groups attached to an aromatic ring is 1. The van der Waals surface area contributed by atoms with Gasteiger partial charge in [-0.15, -0.1) is 11.3 Å². The molecule has 0 atom stereocenters. The molecule has 1 amide bonds. The number of aromatic carboxylic acids is 1. The molecule has 156 valence electrons. The van der Waals surface area contributed by atoms with Gasteiger partial charge >= 0.3 is 5.97 Å². The molecule has 1 saturated carbocycles. The van der Waals surface area contributed by atoms with Crippen LogP contribution in [0.4, 0.5) is 5.82 Å². The average Bonchev–Trinajstić information content (AvgIpc) is 3.18. The number of nitrogens with two attached hydrogens (primary N) is 1. The number of carbonyl (C=O) groups excluding carboxylic acids is 1. The second-order valence-electron chi connectivity index (χ2n) is 7.45. The monoisotopic (exact) mass is 425 g/mol. The van der Waals surface area contributed by atoms with E-state index in [1.54, 1.807) is 24.3 Å². The number of nitrogens with zero attached hydrogens (tertiary/aromatic N) is 1. The molecule has 0 unspecified atom stereocenters. The van der Waals surface area contributed by atoms with E-state index in [0.29, 0.717) is 21.4 Å². The Kier molecular flexibility index (Phi) is 5.85. The zero-order chi connectivity index (χ0) is 21.1. The zero-order valence-electron chi connectivity index (χ0n) is 16.4. The lowest BCUT2D eigenvalue weighted by molar-refractivity contribution is 0.0698. The molecule has 8 heteroatoms. The molecule has 7 nitrogen and oxygen atoms in total. The summed E-state index contributed by atoms with van der Waals surface area (Å²) in [5, 5.41) is 14.9. The van der Waals surface area contributed by atoms with Crippen LogP contribution in [0.1, 0.15) is 58.4 Å². The molecule has 1 aromatic carbocycles. The molecule has 3 aromatic rings. The molecule has 4 rings (SSSR count). The highest BCUT2D eigenvalue weighted by molar-refractivity contribution is 7.17. The van der Waals surface area contributed by atoms with Gasteiger partial charge < -0.3 is 20.9 Å². The van der Waals surface area contributed by atoms with Gasteiger partial charge in [-0.2, -0.15) is 0 Å². The molecule has 0 spiro atoms. The van der Waals surface area contributed by atoms with Gasteiger partial charge in [0.05, 0.1) is 10.3 Å². The van der Waals surface area contributed by atoms with Gasteiger partial charge in [0, 0.05) is 28.8 Å². The Morgan fingerprint density at radius 1 is 1.27 bits per heavy atom. The first-order valence-electron chi connectivity index (χ1n) is 9.94. The van der Waals surface area contributed by atoms with Gasteiger partial charge in [-0.25, -0.2) is 9.78 Å². The Hall–Kier alpha value is -3.13. The van der Waals surface area contributed by atoms with Gasteiger partial charge in [0.15, 0.2) is 0 Å². The minimum Gasteiger partial charge on any atom is -0.489 e.